The van der Waals surface area contributed by atoms with Gasteiger partial charge in [-0.3, -0.25) is 9.59 Å². The summed E-state index contributed by atoms with van der Waals surface area (Å²) in [6, 6.07) is 14.6. The van der Waals surface area contributed by atoms with Crippen molar-refractivity contribution in [2.75, 3.05) is 20.3 Å². The molecule has 3 rings (SSSR count). The lowest BCUT2D eigenvalue weighted by Gasteiger charge is -2.25. The number of methoxy groups -OCH3 is 1. The molecule has 0 radical (unpaired) electrons. The van der Waals surface area contributed by atoms with Crippen molar-refractivity contribution in [3.63, 3.8) is 0 Å². The predicted octanol–water partition coefficient (Wildman–Crippen LogP) is 3.55. The fourth-order valence-corrected chi connectivity index (χ4v) is 4.21. The van der Waals surface area contributed by atoms with Crippen molar-refractivity contribution in [3.05, 3.63) is 59.7 Å². The van der Waals surface area contributed by atoms with Crippen LogP contribution in [0.2, 0.25) is 0 Å². The summed E-state index contributed by atoms with van der Waals surface area (Å²) in [5.74, 6) is -1.65. The van der Waals surface area contributed by atoms with Crippen LogP contribution in [0.25, 0.3) is 11.1 Å². The van der Waals surface area contributed by atoms with Crippen molar-refractivity contribution in [3.8, 4) is 11.1 Å². The van der Waals surface area contributed by atoms with Gasteiger partial charge in [0.05, 0.1) is 6.42 Å². The van der Waals surface area contributed by atoms with Gasteiger partial charge in [0.15, 0.2) is 0 Å². The Balaban J connectivity index is 1.65. The number of rotatable bonds is 11. The molecule has 0 aromatic heterocycles. The lowest BCUT2D eigenvalue weighted by molar-refractivity contribution is -0.138. The number of alkyl carbamates (subject to hydrolysis) is 1. The van der Waals surface area contributed by atoms with Gasteiger partial charge >= 0.3 is 12.1 Å². The number of carbonyl (C=O) groups is 3. The summed E-state index contributed by atoms with van der Waals surface area (Å²) >= 11 is 0. The maximum absolute atomic E-state index is 12.8. The maximum atomic E-state index is 12.8. The van der Waals surface area contributed by atoms with Gasteiger partial charge in [0, 0.05) is 32.1 Å². The monoisotopic (exact) mass is 468 g/mol. The standard InChI is InChI=1S/C26H32N2O6/c1-16(2)23(14-24(29)30)27-25(31)22(12-13-33-3)28-26(32)34-15-21-19-10-6-4-8-17(19)18-9-5-7-11-20(18)21/h4-11,16,21-23H,12-15H2,1-3H3,(H,27,31)(H,28,32)(H,29,30). The molecule has 1 aliphatic rings. The number of ether oxygens (including phenoxy) is 2. The van der Waals surface area contributed by atoms with Crippen LogP contribution >= 0.6 is 0 Å². The van der Waals surface area contributed by atoms with Crippen LogP contribution in [0.15, 0.2) is 48.5 Å². The Morgan fingerprint density at radius 2 is 1.56 bits per heavy atom. The van der Waals surface area contributed by atoms with E-state index in [1.165, 1.54) is 7.11 Å². The highest BCUT2D eigenvalue weighted by Crippen LogP contribution is 2.44. The van der Waals surface area contributed by atoms with Crippen LogP contribution in [0.1, 0.15) is 43.7 Å². The summed E-state index contributed by atoms with van der Waals surface area (Å²) in [4.78, 5) is 36.6. The van der Waals surface area contributed by atoms with Crippen molar-refractivity contribution >= 4 is 18.0 Å². The van der Waals surface area contributed by atoms with E-state index >= 15 is 0 Å². The number of hydrogen-bond acceptors (Lipinski definition) is 5. The Bertz CT molecular complexity index is 976. The first-order valence-corrected chi connectivity index (χ1v) is 11.4. The normalized spacial score (nSPS) is 14.1. The Labute approximate surface area is 199 Å². The number of amides is 2. The first kappa shape index (κ1) is 25.2. The molecule has 0 aliphatic heterocycles. The lowest BCUT2D eigenvalue weighted by Crippen LogP contribution is -2.51. The van der Waals surface area contributed by atoms with Crippen molar-refractivity contribution in [1.82, 2.24) is 10.6 Å². The average Bonchev–Trinajstić information content (AvgIpc) is 3.13. The first-order valence-electron chi connectivity index (χ1n) is 11.4. The molecule has 1 aliphatic carbocycles. The smallest absolute Gasteiger partial charge is 0.407 e. The van der Waals surface area contributed by atoms with Crippen LogP contribution < -0.4 is 10.6 Å². The highest BCUT2D eigenvalue weighted by Gasteiger charge is 2.30. The third-order valence-electron chi connectivity index (χ3n) is 6.09. The molecule has 8 heteroatoms. The molecule has 0 spiro atoms. The fourth-order valence-electron chi connectivity index (χ4n) is 4.21. The van der Waals surface area contributed by atoms with Crippen LogP contribution in [0.3, 0.4) is 0 Å². The number of hydrogen-bond donors (Lipinski definition) is 3. The zero-order chi connectivity index (χ0) is 24.7. The molecule has 0 saturated carbocycles. The average molecular weight is 469 g/mol. The molecule has 2 aromatic rings. The van der Waals surface area contributed by atoms with E-state index in [0.717, 1.165) is 22.3 Å². The van der Waals surface area contributed by atoms with Gasteiger partial charge in [0.2, 0.25) is 5.91 Å². The third kappa shape index (κ3) is 6.14. The molecular formula is C26H32N2O6. The van der Waals surface area contributed by atoms with Gasteiger partial charge in [-0.05, 0) is 28.2 Å². The van der Waals surface area contributed by atoms with Gasteiger partial charge in [0.25, 0.3) is 0 Å². The highest BCUT2D eigenvalue weighted by molar-refractivity contribution is 5.86. The topological polar surface area (TPSA) is 114 Å². The minimum Gasteiger partial charge on any atom is -0.481 e. The molecule has 2 unspecified atom stereocenters. The summed E-state index contributed by atoms with van der Waals surface area (Å²) in [6.07, 6.45) is -0.687. The summed E-state index contributed by atoms with van der Waals surface area (Å²) < 4.78 is 10.6. The van der Waals surface area contributed by atoms with E-state index < -0.39 is 30.1 Å². The number of carboxylic acids is 1. The van der Waals surface area contributed by atoms with Crippen molar-refractivity contribution < 1.29 is 29.0 Å². The second-order valence-electron chi connectivity index (χ2n) is 8.76. The van der Waals surface area contributed by atoms with E-state index in [-0.39, 0.29) is 37.9 Å². The van der Waals surface area contributed by atoms with Crippen molar-refractivity contribution in [2.24, 2.45) is 5.92 Å². The number of carboxylic acid groups (broad SMARTS) is 1. The quantitative estimate of drug-likeness (QED) is 0.465. The minimum atomic E-state index is -1.00. The van der Waals surface area contributed by atoms with Crippen molar-refractivity contribution in [1.29, 1.82) is 0 Å². The molecule has 2 amide bonds. The predicted molar refractivity (Wildman–Crippen MR) is 128 cm³/mol. The number of aliphatic carboxylic acids is 1. The minimum absolute atomic E-state index is 0.0856. The van der Waals surface area contributed by atoms with E-state index in [0.29, 0.717) is 0 Å². The van der Waals surface area contributed by atoms with Gasteiger partial charge in [-0.25, -0.2) is 4.79 Å². The number of carbonyl (C=O) groups excluding carboxylic acids is 2. The van der Waals surface area contributed by atoms with E-state index in [4.69, 9.17) is 14.6 Å². The summed E-state index contributed by atoms with van der Waals surface area (Å²) in [5.41, 5.74) is 4.45. The molecule has 34 heavy (non-hydrogen) atoms. The zero-order valence-corrected chi connectivity index (χ0v) is 19.7. The SMILES string of the molecule is COCCC(NC(=O)OCC1c2ccccc2-c2ccccc21)C(=O)NC(CC(=O)O)C(C)C. The van der Waals surface area contributed by atoms with Gasteiger partial charge in [0.1, 0.15) is 12.6 Å². The molecule has 2 aromatic carbocycles. The Morgan fingerprint density at radius 3 is 2.09 bits per heavy atom. The van der Waals surface area contributed by atoms with Crippen LogP contribution in [0.4, 0.5) is 4.79 Å². The Hall–Kier alpha value is -3.39. The molecule has 182 valence electrons. The van der Waals surface area contributed by atoms with Crippen LogP contribution in [0, 0.1) is 5.92 Å². The molecule has 0 bridgehead atoms. The molecule has 8 nitrogen and oxygen atoms in total. The van der Waals surface area contributed by atoms with E-state index in [2.05, 4.69) is 22.8 Å². The van der Waals surface area contributed by atoms with Crippen LogP contribution in [-0.4, -0.2) is 55.5 Å². The molecule has 0 heterocycles. The Kier molecular flexibility index (Phi) is 8.65. The van der Waals surface area contributed by atoms with E-state index in [1.54, 1.807) is 0 Å². The third-order valence-corrected chi connectivity index (χ3v) is 6.09. The number of benzene rings is 2. The van der Waals surface area contributed by atoms with Gasteiger partial charge in [-0.15, -0.1) is 0 Å². The zero-order valence-electron chi connectivity index (χ0n) is 19.7. The maximum Gasteiger partial charge on any atom is 0.407 e. The summed E-state index contributed by atoms with van der Waals surface area (Å²) in [6.45, 7) is 4.03. The van der Waals surface area contributed by atoms with Gasteiger partial charge in [-0.2, -0.15) is 0 Å². The van der Waals surface area contributed by atoms with Gasteiger partial charge < -0.3 is 25.2 Å². The largest absolute Gasteiger partial charge is 0.481 e. The molecule has 3 N–H and O–H groups in total. The summed E-state index contributed by atoms with van der Waals surface area (Å²) in [5, 5.41) is 14.5. The number of nitrogens with one attached hydrogen (secondary N) is 2. The first-order chi connectivity index (χ1) is 16.3. The van der Waals surface area contributed by atoms with E-state index in [1.807, 2.05) is 50.2 Å². The highest BCUT2D eigenvalue weighted by atomic mass is 16.5. The van der Waals surface area contributed by atoms with Gasteiger partial charge in [-0.1, -0.05) is 62.4 Å². The number of fused-ring (bicyclic) bond motifs is 3. The fraction of sp³-hybridized carbons (Fsp3) is 0.423. The second-order valence-corrected chi connectivity index (χ2v) is 8.76. The second kappa shape index (κ2) is 11.7. The van der Waals surface area contributed by atoms with E-state index in [9.17, 15) is 14.4 Å². The molecule has 0 fully saturated rings. The molecule has 2 atom stereocenters. The van der Waals surface area contributed by atoms with Crippen LogP contribution in [0.5, 0.6) is 0 Å². The Morgan fingerprint density at radius 1 is 0.971 bits per heavy atom. The molecular weight excluding hydrogens is 436 g/mol. The summed E-state index contributed by atoms with van der Waals surface area (Å²) in [7, 11) is 1.50. The molecule has 0 saturated heterocycles. The van der Waals surface area contributed by atoms with Crippen LogP contribution in [-0.2, 0) is 19.1 Å². The van der Waals surface area contributed by atoms with Crippen molar-refractivity contribution in [2.45, 2.75) is 44.7 Å². The lowest BCUT2D eigenvalue weighted by atomic mass is 9.98.